The van der Waals surface area contributed by atoms with Crippen LogP contribution >= 0.6 is 11.6 Å². The second kappa shape index (κ2) is 5.03. The Morgan fingerprint density at radius 3 is 3.05 bits per heavy atom. The number of aliphatic hydroxyl groups excluding tert-OH is 1. The fraction of sp³-hybridized carbons (Fsp3) is 0.167. The van der Waals surface area contributed by atoms with Gasteiger partial charge in [0.15, 0.2) is 5.65 Å². The molecule has 2 heterocycles. The molecule has 0 radical (unpaired) electrons. The Hall–Kier alpha value is -2.25. The smallest absolute Gasteiger partial charge is 0.342 e. The predicted octanol–water partition coefficient (Wildman–Crippen LogP) is 1.08. The number of esters is 1. The van der Waals surface area contributed by atoms with Crippen molar-refractivity contribution in [2.24, 2.45) is 0 Å². The van der Waals surface area contributed by atoms with Crippen molar-refractivity contribution < 1.29 is 14.6 Å². The minimum atomic E-state index is -0.587. The van der Waals surface area contributed by atoms with Crippen molar-refractivity contribution in [3.05, 3.63) is 34.9 Å². The molecule has 3 aromatic rings. The molecule has 0 aliphatic rings. The Morgan fingerprint density at radius 2 is 2.25 bits per heavy atom. The maximum Gasteiger partial charge on any atom is 0.342 e. The number of halogens is 1. The van der Waals surface area contributed by atoms with Gasteiger partial charge in [0.05, 0.1) is 12.1 Å². The Bertz CT molecular complexity index is 802. The molecule has 2 aromatic heterocycles. The number of rotatable bonds is 3. The summed E-state index contributed by atoms with van der Waals surface area (Å²) >= 11 is 5.96. The molecular formula is C12H9ClN4O3. The van der Waals surface area contributed by atoms with E-state index in [-0.39, 0.29) is 24.4 Å². The van der Waals surface area contributed by atoms with Crippen LogP contribution in [0.2, 0.25) is 5.02 Å². The summed E-state index contributed by atoms with van der Waals surface area (Å²) in [5.74, 6) is -0.587. The molecule has 20 heavy (non-hydrogen) atoms. The average Bonchev–Trinajstić information content (AvgIpc) is 2.93. The molecule has 0 aliphatic carbocycles. The van der Waals surface area contributed by atoms with Gasteiger partial charge in [-0.15, -0.1) is 5.10 Å². The first-order chi connectivity index (χ1) is 9.70. The van der Waals surface area contributed by atoms with Crippen molar-refractivity contribution in [3.8, 4) is 0 Å². The summed E-state index contributed by atoms with van der Waals surface area (Å²) in [5, 5.41) is 21.2. The zero-order chi connectivity index (χ0) is 14.1. The van der Waals surface area contributed by atoms with Gasteiger partial charge in [0.25, 0.3) is 0 Å². The van der Waals surface area contributed by atoms with Crippen LogP contribution in [0, 0.1) is 0 Å². The first-order valence-electron chi connectivity index (χ1n) is 5.79. The summed E-state index contributed by atoms with van der Waals surface area (Å²) in [5.41, 5.74) is 1.21. The van der Waals surface area contributed by atoms with Gasteiger partial charge in [0.1, 0.15) is 12.2 Å². The maximum atomic E-state index is 12.0. The fourth-order valence-corrected chi connectivity index (χ4v) is 2.09. The summed E-state index contributed by atoms with van der Waals surface area (Å²) in [6.45, 7) is -0.318. The van der Waals surface area contributed by atoms with E-state index in [0.29, 0.717) is 10.5 Å². The molecular weight excluding hydrogens is 284 g/mol. The van der Waals surface area contributed by atoms with Crippen molar-refractivity contribution in [2.75, 3.05) is 13.2 Å². The lowest BCUT2D eigenvalue weighted by molar-refractivity contribution is 0.0435. The van der Waals surface area contributed by atoms with Crippen LogP contribution in [0.1, 0.15) is 10.4 Å². The summed E-state index contributed by atoms with van der Waals surface area (Å²) in [6.07, 6.45) is 0. The van der Waals surface area contributed by atoms with E-state index in [2.05, 4.69) is 15.5 Å². The molecule has 0 spiro atoms. The minimum Gasteiger partial charge on any atom is -0.460 e. The Labute approximate surface area is 117 Å². The number of nitrogens with zero attached hydrogens (tertiary/aromatic N) is 4. The van der Waals surface area contributed by atoms with Gasteiger partial charge in [0, 0.05) is 10.4 Å². The van der Waals surface area contributed by atoms with E-state index in [9.17, 15) is 4.79 Å². The first-order valence-corrected chi connectivity index (χ1v) is 6.17. The molecule has 0 fully saturated rings. The van der Waals surface area contributed by atoms with Crippen LogP contribution in [0.5, 0.6) is 0 Å². The lowest BCUT2D eigenvalue weighted by atomic mass is 10.1. The quantitative estimate of drug-likeness (QED) is 0.727. The number of ether oxygens (including phenoxy) is 1. The van der Waals surface area contributed by atoms with Gasteiger partial charge >= 0.3 is 5.97 Å². The topological polar surface area (TPSA) is 89.6 Å². The molecule has 0 saturated heterocycles. The standard InChI is InChI=1S/C12H9ClN4O3/c13-8-2-1-7-5-9(12(19)20-4-3-18)11-14-15-16-17(11)10(7)6-8/h1-2,5-6,18H,3-4H2. The lowest BCUT2D eigenvalue weighted by Crippen LogP contribution is -2.11. The highest BCUT2D eigenvalue weighted by Crippen LogP contribution is 2.22. The van der Waals surface area contributed by atoms with Crippen molar-refractivity contribution >= 4 is 34.1 Å². The van der Waals surface area contributed by atoms with Gasteiger partial charge in [-0.3, -0.25) is 0 Å². The molecule has 0 atom stereocenters. The molecule has 0 bridgehead atoms. The van der Waals surface area contributed by atoms with Crippen LogP contribution in [0.25, 0.3) is 16.6 Å². The lowest BCUT2D eigenvalue weighted by Gasteiger charge is -2.06. The largest absolute Gasteiger partial charge is 0.460 e. The molecule has 0 unspecified atom stereocenters. The molecule has 1 aromatic carbocycles. The zero-order valence-electron chi connectivity index (χ0n) is 10.2. The third-order valence-electron chi connectivity index (χ3n) is 2.78. The van der Waals surface area contributed by atoms with Gasteiger partial charge in [0.2, 0.25) is 0 Å². The number of aromatic nitrogens is 4. The third kappa shape index (κ3) is 2.06. The van der Waals surface area contributed by atoms with E-state index < -0.39 is 5.97 Å². The molecule has 0 aliphatic heterocycles. The van der Waals surface area contributed by atoms with Crippen LogP contribution in [0.4, 0.5) is 0 Å². The molecule has 0 saturated carbocycles. The molecule has 8 heteroatoms. The molecule has 7 nitrogen and oxygen atoms in total. The molecule has 102 valence electrons. The fourth-order valence-electron chi connectivity index (χ4n) is 1.93. The Kier molecular flexibility index (Phi) is 3.21. The normalized spacial score (nSPS) is 11.1. The van der Waals surface area contributed by atoms with E-state index in [4.69, 9.17) is 21.4 Å². The highest BCUT2D eigenvalue weighted by molar-refractivity contribution is 6.31. The van der Waals surface area contributed by atoms with Crippen LogP contribution in [0.3, 0.4) is 0 Å². The summed E-state index contributed by atoms with van der Waals surface area (Å²) < 4.78 is 6.33. The zero-order valence-corrected chi connectivity index (χ0v) is 10.9. The summed E-state index contributed by atoms with van der Waals surface area (Å²) in [7, 11) is 0. The third-order valence-corrected chi connectivity index (χ3v) is 3.01. The predicted molar refractivity (Wildman–Crippen MR) is 70.7 cm³/mol. The van der Waals surface area contributed by atoms with Crippen molar-refractivity contribution in [3.63, 3.8) is 0 Å². The number of carbonyl (C=O) groups is 1. The number of tetrazole rings is 1. The van der Waals surface area contributed by atoms with Gasteiger partial charge in [-0.2, -0.15) is 4.52 Å². The second-order valence-corrected chi connectivity index (χ2v) is 4.47. The van der Waals surface area contributed by atoms with Crippen LogP contribution in [-0.4, -0.2) is 44.3 Å². The number of benzene rings is 1. The highest BCUT2D eigenvalue weighted by atomic mass is 35.5. The Balaban J connectivity index is 2.23. The van der Waals surface area contributed by atoms with Crippen LogP contribution in [-0.2, 0) is 4.74 Å². The second-order valence-electron chi connectivity index (χ2n) is 4.03. The summed E-state index contributed by atoms with van der Waals surface area (Å²) in [6, 6.07) is 6.82. The SMILES string of the molecule is O=C(OCCO)c1cc2ccc(Cl)cc2n2nnnc12. The maximum absolute atomic E-state index is 12.0. The minimum absolute atomic E-state index is 0.0782. The van der Waals surface area contributed by atoms with E-state index in [0.717, 1.165) is 5.39 Å². The van der Waals surface area contributed by atoms with Gasteiger partial charge < -0.3 is 9.84 Å². The summed E-state index contributed by atoms with van der Waals surface area (Å²) in [4.78, 5) is 12.0. The van der Waals surface area contributed by atoms with Gasteiger partial charge in [-0.1, -0.05) is 17.7 Å². The number of pyridine rings is 1. The number of aliphatic hydroxyl groups is 1. The van der Waals surface area contributed by atoms with Crippen molar-refractivity contribution in [1.29, 1.82) is 0 Å². The van der Waals surface area contributed by atoms with Crippen molar-refractivity contribution in [1.82, 2.24) is 20.0 Å². The van der Waals surface area contributed by atoms with Crippen molar-refractivity contribution in [2.45, 2.75) is 0 Å². The number of hydrogen-bond donors (Lipinski definition) is 1. The molecule has 1 N–H and O–H groups in total. The molecule has 0 amide bonds. The molecule has 3 rings (SSSR count). The van der Waals surface area contributed by atoms with Gasteiger partial charge in [-0.25, -0.2) is 4.79 Å². The monoisotopic (exact) mass is 292 g/mol. The first kappa shape index (κ1) is 12.8. The number of hydrogen-bond acceptors (Lipinski definition) is 6. The number of fused-ring (bicyclic) bond motifs is 3. The highest BCUT2D eigenvalue weighted by Gasteiger charge is 2.17. The van der Waals surface area contributed by atoms with Crippen LogP contribution in [0.15, 0.2) is 24.3 Å². The van der Waals surface area contributed by atoms with Crippen LogP contribution < -0.4 is 0 Å². The Morgan fingerprint density at radius 1 is 1.40 bits per heavy atom. The van der Waals surface area contributed by atoms with E-state index in [1.54, 1.807) is 24.3 Å². The van der Waals surface area contributed by atoms with E-state index >= 15 is 0 Å². The number of carbonyl (C=O) groups excluding carboxylic acids is 1. The van der Waals surface area contributed by atoms with E-state index in [1.165, 1.54) is 4.52 Å². The van der Waals surface area contributed by atoms with E-state index in [1.807, 2.05) is 0 Å². The van der Waals surface area contributed by atoms with Gasteiger partial charge in [-0.05, 0) is 28.6 Å². The average molecular weight is 293 g/mol.